The van der Waals surface area contributed by atoms with Gasteiger partial charge in [-0.25, -0.2) is 4.39 Å². The largest absolute Gasteiger partial charge is 0.508 e. The van der Waals surface area contributed by atoms with Gasteiger partial charge in [-0.2, -0.15) is 11.3 Å². The summed E-state index contributed by atoms with van der Waals surface area (Å²) < 4.78 is 13.5. The molecule has 0 radical (unpaired) electrons. The van der Waals surface area contributed by atoms with Crippen molar-refractivity contribution in [2.45, 2.75) is 6.04 Å². The number of benzene rings is 1. The van der Waals surface area contributed by atoms with E-state index in [1.54, 1.807) is 0 Å². The fourth-order valence-corrected chi connectivity index (χ4v) is 2.10. The third kappa shape index (κ3) is 2.00. The third-order valence-electron chi connectivity index (χ3n) is 2.22. The number of hydrogen-bond donors (Lipinski definition) is 2. The van der Waals surface area contributed by atoms with Crippen molar-refractivity contribution in [1.29, 1.82) is 0 Å². The molecule has 1 aromatic heterocycles. The van der Waals surface area contributed by atoms with Gasteiger partial charge in [0.05, 0.1) is 6.04 Å². The second kappa shape index (κ2) is 4.00. The molecule has 0 aliphatic heterocycles. The lowest BCUT2D eigenvalue weighted by Crippen LogP contribution is -2.12. The van der Waals surface area contributed by atoms with Gasteiger partial charge < -0.3 is 10.8 Å². The Bertz CT molecular complexity index is 456. The number of rotatable bonds is 2. The van der Waals surface area contributed by atoms with Crippen molar-refractivity contribution in [3.05, 3.63) is 52.0 Å². The van der Waals surface area contributed by atoms with Crippen LogP contribution in [0.15, 0.2) is 35.0 Å². The van der Waals surface area contributed by atoms with Crippen molar-refractivity contribution in [2.75, 3.05) is 0 Å². The molecule has 0 unspecified atom stereocenters. The number of phenolic OH excluding ortho intramolecular Hbond substituents is 1. The SMILES string of the molecule is N[C@H](c1ccsc1)c1ccc(O)cc1F. The molecule has 0 spiro atoms. The van der Waals surface area contributed by atoms with Crippen LogP contribution in [0.4, 0.5) is 4.39 Å². The van der Waals surface area contributed by atoms with Gasteiger partial charge in [0.1, 0.15) is 11.6 Å². The van der Waals surface area contributed by atoms with Gasteiger partial charge in [-0.1, -0.05) is 6.07 Å². The van der Waals surface area contributed by atoms with Gasteiger partial charge >= 0.3 is 0 Å². The van der Waals surface area contributed by atoms with Gasteiger partial charge in [-0.05, 0) is 28.5 Å². The van der Waals surface area contributed by atoms with E-state index in [4.69, 9.17) is 10.8 Å². The molecule has 1 heterocycles. The van der Waals surface area contributed by atoms with Crippen molar-refractivity contribution >= 4 is 11.3 Å². The predicted molar refractivity (Wildman–Crippen MR) is 58.4 cm³/mol. The predicted octanol–water partition coefficient (Wildman–Crippen LogP) is 2.64. The Morgan fingerprint density at radius 3 is 2.73 bits per heavy atom. The van der Waals surface area contributed by atoms with Crippen LogP contribution in [0.3, 0.4) is 0 Å². The van der Waals surface area contributed by atoms with Crippen molar-refractivity contribution < 1.29 is 9.50 Å². The number of aromatic hydroxyl groups is 1. The molecule has 0 bridgehead atoms. The first-order valence-corrected chi connectivity index (χ1v) is 5.39. The molecule has 0 fully saturated rings. The zero-order valence-electron chi connectivity index (χ0n) is 7.85. The molecule has 0 amide bonds. The molecule has 0 aliphatic rings. The summed E-state index contributed by atoms with van der Waals surface area (Å²) in [5, 5.41) is 12.9. The van der Waals surface area contributed by atoms with Crippen LogP contribution in [0.2, 0.25) is 0 Å². The molecule has 1 atom stereocenters. The summed E-state index contributed by atoms with van der Waals surface area (Å²) in [7, 11) is 0. The first-order valence-electron chi connectivity index (χ1n) is 4.44. The molecule has 4 heteroatoms. The van der Waals surface area contributed by atoms with Crippen molar-refractivity contribution in [1.82, 2.24) is 0 Å². The molecular weight excluding hydrogens is 213 g/mol. The summed E-state index contributed by atoms with van der Waals surface area (Å²) in [4.78, 5) is 0. The van der Waals surface area contributed by atoms with Crippen LogP contribution in [0.1, 0.15) is 17.2 Å². The van der Waals surface area contributed by atoms with E-state index < -0.39 is 11.9 Å². The Morgan fingerprint density at radius 1 is 1.33 bits per heavy atom. The minimum atomic E-state index is -0.478. The standard InChI is InChI=1S/C11H10FNOS/c12-10-5-8(14)1-2-9(10)11(13)7-3-4-15-6-7/h1-6,11,14H,13H2/t11-/m1/s1. The molecule has 2 rings (SSSR count). The minimum Gasteiger partial charge on any atom is -0.508 e. The molecule has 3 N–H and O–H groups in total. The minimum absolute atomic E-state index is 0.0891. The van der Waals surface area contributed by atoms with Crippen LogP contribution in [0.5, 0.6) is 5.75 Å². The quantitative estimate of drug-likeness (QED) is 0.822. The number of hydrogen-bond acceptors (Lipinski definition) is 3. The molecular formula is C11H10FNOS. The van der Waals surface area contributed by atoms with Gasteiger partial charge in [-0.3, -0.25) is 0 Å². The average Bonchev–Trinajstić information content (AvgIpc) is 2.69. The Kier molecular flexibility index (Phi) is 2.70. The molecule has 2 aromatic rings. The number of nitrogens with two attached hydrogens (primary N) is 1. The maximum Gasteiger partial charge on any atom is 0.131 e. The average molecular weight is 223 g/mol. The third-order valence-corrected chi connectivity index (χ3v) is 2.92. The lowest BCUT2D eigenvalue weighted by molar-refractivity contribution is 0.467. The van der Waals surface area contributed by atoms with E-state index in [2.05, 4.69) is 0 Å². The molecule has 78 valence electrons. The van der Waals surface area contributed by atoms with Crippen LogP contribution in [-0.4, -0.2) is 5.11 Å². The first-order chi connectivity index (χ1) is 7.18. The highest BCUT2D eigenvalue weighted by Crippen LogP contribution is 2.25. The Labute approximate surface area is 90.8 Å². The summed E-state index contributed by atoms with van der Waals surface area (Å²) in [6.07, 6.45) is 0. The monoisotopic (exact) mass is 223 g/mol. The first kappa shape index (κ1) is 10.1. The number of halogens is 1. The summed E-state index contributed by atoms with van der Waals surface area (Å²) in [5.41, 5.74) is 7.17. The van der Waals surface area contributed by atoms with E-state index in [1.807, 2.05) is 16.8 Å². The Morgan fingerprint density at radius 2 is 2.13 bits per heavy atom. The van der Waals surface area contributed by atoms with E-state index in [-0.39, 0.29) is 5.75 Å². The van der Waals surface area contributed by atoms with Gasteiger partial charge in [-0.15, -0.1) is 0 Å². The molecule has 0 saturated carbocycles. The maximum atomic E-state index is 13.5. The van der Waals surface area contributed by atoms with Crippen molar-refractivity contribution in [2.24, 2.45) is 5.73 Å². The van der Waals surface area contributed by atoms with Crippen LogP contribution >= 0.6 is 11.3 Å². The second-order valence-corrected chi connectivity index (χ2v) is 4.02. The highest BCUT2D eigenvalue weighted by atomic mass is 32.1. The summed E-state index contributed by atoms with van der Waals surface area (Å²) in [6.45, 7) is 0. The van der Waals surface area contributed by atoms with E-state index in [0.29, 0.717) is 5.56 Å². The van der Waals surface area contributed by atoms with Gasteiger partial charge in [0.25, 0.3) is 0 Å². The highest BCUT2D eigenvalue weighted by molar-refractivity contribution is 7.08. The lowest BCUT2D eigenvalue weighted by atomic mass is 10.0. The Hall–Kier alpha value is -1.39. The van der Waals surface area contributed by atoms with Gasteiger partial charge in [0.2, 0.25) is 0 Å². The van der Waals surface area contributed by atoms with Crippen LogP contribution < -0.4 is 5.73 Å². The van der Waals surface area contributed by atoms with Crippen LogP contribution in [-0.2, 0) is 0 Å². The molecule has 1 aromatic carbocycles. The van der Waals surface area contributed by atoms with E-state index in [9.17, 15) is 4.39 Å². The highest BCUT2D eigenvalue weighted by Gasteiger charge is 2.13. The molecule has 2 nitrogen and oxygen atoms in total. The Balaban J connectivity index is 2.38. The van der Waals surface area contributed by atoms with Gasteiger partial charge in [0.15, 0.2) is 0 Å². The van der Waals surface area contributed by atoms with E-state index in [0.717, 1.165) is 11.6 Å². The fourth-order valence-electron chi connectivity index (χ4n) is 1.40. The van der Waals surface area contributed by atoms with E-state index in [1.165, 1.54) is 23.5 Å². The van der Waals surface area contributed by atoms with Crippen molar-refractivity contribution in [3.63, 3.8) is 0 Å². The van der Waals surface area contributed by atoms with Crippen LogP contribution in [0.25, 0.3) is 0 Å². The second-order valence-electron chi connectivity index (χ2n) is 3.24. The number of thiophene rings is 1. The van der Waals surface area contributed by atoms with Crippen molar-refractivity contribution in [3.8, 4) is 5.75 Å². The summed E-state index contributed by atoms with van der Waals surface area (Å²) in [5.74, 6) is -0.567. The number of phenols is 1. The topological polar surface area (TPSA) is 46.2 Å². The normalized spacial score (nSPS) is 12.7. The summed E-state index contributed by atoms with van der Waals surface area (Å²) in [6, 6.07) is 5.40. The fraction of sp³-hybridized carbons (Fsp3) is 0.0909. The smallest absolute Gasteiger partial charge is 0.131 e. The molecule has 0 saturated heterocycles. The van der Waals surface area contributed by atoms with Crippen LogP contribution in [0, 0.1) is 5.82 Å². The molecule has 0 aliphatic carbocycles. The zero-order chi connectivity index (χ0) is 10.8. The lowest BCUT2D eigenvalue weighted by Gasteiger charge is -2.11. The zero-order valence-corrected chi connectivity index (χ0v) is 8.67. The molecule has 15 heavy (non-hydrogen) atoms. The van der Waals surface area contributed by atoms with E-state index >= 15 is 0 Å². The summed E-state index contributed by atoms with van der Waals surface area (Å²) >= 11 is 1.52. The maximum absolute atomic E-state index is 13.5. The van der Waals surface area contributed by atoms with Gasteiger partial charge in [0, 0.05) is 11.6 Å².